The summed E-state index contributed by atoms with van der Waals surface area (Å²) < 4.78 is 5.59. The third-order valence-corrected chi connectivity index (χ3v) is 5.79. The number of carbonyl (C=O) groups excluding carboxylic acids is 1. The van der Waals surface area contributed by atoms with Gasteiger partial charge in [0.25, 0.3) is 0 Å². The van der Waals surface area contributed by atoms with Gasteiger partial charge in [0.05, 0.1) is 22.4 Å². The topological polar surface area (TPSA) is 119 Å². The number of nitrogens with zero attached hydrogens (tertiary/aromatic N) is 2. The Morgan fingerprint density at radius 2 is 2.06 bits per heavy atom. The van der Waals surface area contributed by atoms with Crippen LogP contribution in [0.5, 0.6) is 5.75 Å². The van der Waals surface area contributed by atoms with Crippen LogP contribution in [0.25, 0.3) is 0 Å². The maximum Gasteiger partial charge on any atom is 0.240 e. The molecule has 0 bridgehead atoms. The number of hydrogen-bond acceptors (Lipinski definition) is 7. The van der Waals surface area contributed by atoms with E-state index in [1.807, 2.05) is 51.1 Å². The van der Waals surface area contributed by atoms with Crippen LogP contribution in [-0.2, 0) is 4.79 Å². The monoisotopic (exact) mass is 483 g/mol. The summed E-state index contributed by atoms with van der Waals surface area (Å²) in [4.78, 5) is 11.4. The fraction of sp³-hybridized carbons (Fsp3) is 0.400. The Bertz CT molecular complexity index is 1080. The van der Waals surface area contributed by atoms with E-state index in [1.165, 1.54) is 0 Å². The van der Waals surface area contributed by atoms with Gasteiger partial charge in [-0.25, -0.2) is 5.43 Å². The molecular formula is C25H30ClN5O3. The Kier molecular flexibility index (Phi) is 8.51. The van der Waals surface area contributed by atoms with Crippen LogP contribution < -0.4 is 20.8 Å². The van der Waals surface area contributed by atoms with Gasteiger partial charge in [-0.2, -0.15) is 10.4 Å². The van der Waals surface area contributed by atoms with Crippen molar-refractivity contribution in [3.63, 3.8) is 0 Å². The summed E-state index contributed by atoms with van der Waals surface area (Å²) in [5.41, 5.74) is 5.52. The Hall–Kier alpha value is -3.12. The quantitative estimate of drug-likeness (QED) is 0.411. The number of rotatable bonds is 10. The van der Waals surface area contributed by atoms with Crippen molar-refractivity contribution in [2.45, 2.75) is 38.8 Å². The molecule has 0 saturated carbocycles. The predicted molar refractivity (Wildman–Crippen MR) is 133 cm³/mol. The van der Waals surface area contributed by atoms with Crippen LogP contribution in [0.4, 0.5) is 5.69 Å². The molecule has 180 valence electrons. The highest BCUT2D eigenvalue weighted by Gasteiger charge is 2.22. The molecule has 0 unspecified atom stereocenters. The third kappa shape index (κ3) is 7.19. The van der Waals surface area contributed by atoms with Gasteiger partial charge in [-0.1, -0.05) is 30.7 Å². The first-order valence-corrected chi connectivity index (χ1v) is 11.5. The minimum absolute atomic E-state index is 0.0509. The molecule has 0 aromatic heterocycles. The highest BCUT2D eigenvalue weighted by molar-refractivity contribution is 6.32. The number of β-amino-alcohol motifs (C(OH)–C–C–N with tert-alkyl or cyclic N) is 1. The van der Waals surface area contributed by atoms with Crippen molar-refractivity contribution < 1.29 is 14.6 Å². The number of carbonyl (C=O) groups is 1. The Balaban J connectivity index is 1.45. The zero-order chi connectivity index (χ0) is 24.7. The molecule has 0 spiro atoms. The van der Waals surface area contributed by atoms with E-state index in [0.717, 1.165) is 17.0 Å². The molecule has 0 fully saturated rings. The number of halogens is 1. The summed E-state index contributed by atoms with van der Waals surface area (Å²) in [6.45, 7) is 7.08. The first-order valence-electron chi connectivity index (χ1n) is 11.1. The minimum atomic E-state index is -0.751. The van der Waals surface area contributed by atoms with Crippen molar-refractivity contribution in [1.82, 2.24) is 10.7 Å². The van der Waals surface area contributed by atoms with E-state index in [2.05, 4.69) is 21.2 Å². The Morgan fingerprint density at radius 1 is 1.32 bits per heavy atom. The van der Waals surface area contributed by atoms with E-state index in [4.69, 9.17) is 21.6 Å². The number of nitriles is 1. The first kappa shape index (κ1) is 25.5. The smallest absolute Gasteiger partial charge is 0.240 e. The van der Waals surface area contributed by atoms with Gasteiger partial charge in [0.15, 0.2) is 0 Å². The largest absolute Gasteiger partial charge is 0.489 e. The molecule has 3 rings (SSSR count). The van der Waals surface area contributed by atoms with Crippen molar-refractivity contribution in [2.75, 3.05) is 25.0 Å². The van der Waals surface area contributed by atoms with Gasteiger partial charge < -0.3 is 20.5 Å². The van der Waals surface area contributed by atoms with E-state index in [1.54, 1.807) is 18.2 Å². The molecule has 0 radical (unpaired) electrons. The van der Waals surface area contributed by atoms with Crippen LogP contribution in [0.3, 0.4) is 0 Å². The average molecular weight is 484 g/mol. The van der Waals surface area contributed by atoms with Gasteiger partial charge in [0.2, 0.25) is 5.91 Å². The summed E-state index contributed by atoms with van der Waals surface area (Å²) >= 11 is 6.09. The summed E-state index contributed by atoms with van der Waals surface area (Å²) in [5.74, 6) is 0.399. The number of ether oxygens (including phenoxy) is 1. The van der Waals surface area contributed by atoms with Crippen molar-refractivity contribution in [2.24, 2.45) is 11.0 Å². The summed E-state index contributed by atoms with van der Waals surface area (Å²) in [7, 11) is 0. The number of aliphatic hydroxyl groups excluding tert-OH is 1. The highest BCUT2D eigenvalue weighted by Crippen LogP contribution is 2.25. The molecule has 9 heteroatoms. The molecule has 4 N–H and O–H groups in total. The zero-order valence-electron chi connectivity index (χ0n) is 19.6. The van der Waals surface area contributed by atoms with Crippen molar-refractivity contribution in [3.8, 4) is 11.8 Å². The molecule has 1 amide bonds. The highest BCUT2D eigenvalue weighted by atomic mass is 35.5. The SMILES string of the molecule is C[C@@H]1CC(=O)NN=C1c1ccc(NCC(C)(C)NC[C@H](O)COc2cc(C#N)ccc2Cl)cc1. The second kappa shape index (κ2) is 11.3. The van der Waals surface area contributed by atoms with Crippen molar-refractivity contribution in [3.05, 3.63) is 58.6 Å². The lowest BCUT2D eigenvalue weighted by Crippen LogP contribution is -2.49. The Morgan fingerprint density at radius 3 is 2.74 bits per heavy atom. The van der Waals surface area contributed by atoms with Gasteiger partial charge in [0, 0.05) is 36.7 Å². The molecule has 8 nitrogen and oxygen atoms in total. The van der Waals surface area contributed by atoms with Crippen LogP contribution in [0, 0.1) is 17.2 Å². The fourth-order valence-corrected chi connectivity index (χ4v) is 3.64. The second-order valence-corrected chi connectivity index (χ2v) is 9.46. The van der Waals surface area contributed by atoms with E-state index in [9.17, 15) is 9.90 Å². The number of aliphatic hydroxyl groups is 1. The lowest BCUT2D eigenvalue weighted by molar-refractivity contribution is -0.121. The molecule has 1 heterocycles. The molecule has 2 atom stereocenters. The van der Waals surface area contributed by atoms with E-state index < -0.39 is 6.10 Å². The molecule has 1 aliphatic heterocycles. The number of hydrazone groups is 1. The van der Waals surface area contributed by atoms with Crippen LogP contribution in [0.1, 0.15) is 38.3 Å². The molecule has 2 aromatic carbocycles. The van der Waals surface area contributed by atoms with Gasteiger partial charge in [-0.15, -0.1) is 0 Å². The van der Waals surface area contributed by atoms with Gasteiger partial charge in [0.1, 0.15) is 18.5 Å². The molecule has 2 aromatic rings. The number of benzene rings is 2. The third-order valence-electron chi connectivity index (χ3n) is 5.48. The fourth-order valence-electron chi connectivity index (χ4n) is 3.47. The van der Waals surface area contributed by atoms with E-state index in [-0.39, 0.29) is 24.0 Å². The minimum Gasteiger partial charge on any atom is -0.489 e. The van der Waals surface area contributed by atoms with Gasteiger partial charge in [-0.3, -0.25) is 4.79 Å². The van der Waals surface area contributed by atoms with E-state index in [0.29, 0.717) is 35.8 Å². The summed E-state index contributed by atoms with van der Waals surface area (Å²) in [6.07, 6.45) is -0.311. The maximum atomic E-state index is 11.4. The lowest BCUT2D eigenvalue weighted by Gasteiger charge is -2.28. The van der Waals surface area contributed by atoms with Crippen molar-refractivity contribution in [1.29, 1.82) is 5.26 Å². The normalized spacial score (nSPS) is 16.8. The number of anilines is 1. The second-order valence-electron chi connectivity index (χ2n) is 9.05. The van der Waals surface area contributed by atoms with Gasteiger partial charge >= 0.3 is 0 Å². The maximum absolute atomic E-state index is 11.4. The number of hydrogen-bond donors (Lipinski definition) is 4. The van der Waals surface area contributed by atoms with Crippen LogP contribution in [0.2, 0.25) is 5.02 Å². The lowest BCUT2D eigenvalue weighted by atomic mass is 9.94. The van der Waals surface area contributed by atoms with Gasteiger partial charge in [-0.05, 0) is 49.7 Å². The number of amides is 1. The number of nitrogens with one attached hydrogen (secondary N) is 3. The zero-order valence-corrected chi connectivity index (χ0v) is 20.3. The molecule has 34 heavy (non-hydrogen) atoms. The van der Waals surface area contributed by atoms with Crippen molar-refractivity contribution >= 4 is 28.9 Å². The Labute approximate surface area is 205 Å². The predicted octanol–water partition coefficient (Wildman–Crippen LogP) is 3.29. The van der Waals surface area contributed by atoms with Crippen LogP contribution in [-0.4, -0.2) is 48.1 Å². The molecule has 0 aliphatic carbocycles. The van der Waals surface area contributed by atoms with Crippen LogP contribution in [0.15, 0.2) is 47.6 Å². The average Bonchev–Trinajstić information content (AvgIpc) is 2.81. The summed E-state index contributed by atoms with van der Waals surface area (Å²) in [6, 6.07) is 14.8. The van der Waals surface area contributed by atoms with Crippen LogP contribution >= 0.6 is 11.6 Å². The first-order chi connectivity index (χ1) is 16.2. The molecular weight excluding hydrogens is 454 g/mol. The standard InChI is InChI=1S/C25H30ClN5O3/c1-16-10-23(33)30-31-24(16)18-5-7-19(8-6-18)28-15-25(2,3)29-13-20(32)14-34-22-11-17(12-27)4-9-21(22)26/h4-9,11,16,20,28-29,32H,10,13-15H2,1-3H3,(H,30,33)/t16-,20+/m1/s1. The van der Waals surface area contributed by atoms with E-state index >= 15 is 0 Å². The summed E-state index contributed by atoms with van der Waals surface area (Å²) in [5, 5.41) is 30.6. The molecule has 1 aliphatic rings. The molecule has 0 saturated heterocycles.